The molecule has 1 fully saturated rings. The maximum absolute atomic E-state index is 11.9. The Morgan fingerprint density at radius 3 is 2.47 bits per heavy atom. The maximum atomic E-state index is 11.9. The van der Waals surface area contributed by atoms with E-state index in [1.165, 1.54) is 0 Å². The van der Waals surface area contributed by atoms with Crippen molar-refractivity contribution >= 4 is 44.5 Å². The molecule has 0 spiro atoms. The van der Waals surface area contributed by atoms with Gasteiger partial charge >= 0.3 is 5.97 Å². The molecule has 0 amide bonds. The Bertz CT molecular complexity index is 231. The minimum absolute atomic E-state index is 0.0106. The average Bonchev–Trinajstić information content (AvgIpc) is 2.83. The molecule has 1 rings (SSSR count). The fraction of sp³-hybridized carbons (Fsp3) is 0.909. The van der Waals surface area contributed by atoms with Crippen LogP contribution in [0.2, 0.25) is 0 Å². The van der Waals surface area contributed by atoms with Crippen LogP contribution in [0.25, 0.3) is 0 Å². The largest absolute Gasteiger partial charge is 0.449 e. The normalized spacial score (nSPS) is 18.7. The van der Waals surface area contributed by atoms with E-state index in [-0.39, 0.29) is 15.0 Å². The van der Waals surface area contributed by atoms with Gasteiger partial charge in [0.2, 0.25) is 0 Å². The number of halogens is 2. The summed E-state index contributed by atoms with van der Waals surface area (Å²) in [5.41, 5.74) is -0.120. The SMILES string of the molecule is CC(C)(I)OC(=O)C1(CCCCBr)CC1. The number of unbranched alkanes of at least 4 members (excludes halogenated alkanes) is 1. The topological polar surface area (TPSA) is 26.3 Å². The highest BCUT2D eigenvalue weighted by Gasteiger charge is 2.51. The second-order valence-electron chi connectivity index (χ2n) is 4.68. The van der Waals surface area contributed by atoms with Gasteiger partial charge in [-0.1, -0.05) is 22.4 Å². The van der Waals surface area contributed by atoms with Gasteiger partial charge in [-0.05, 0) is 62.1 Å². The van der Waals surface area contributed by atoms with Crippen LogP contribution in [0, 0.1) is 5.41 Å². The van der Waals surface area contributed by atoms with Crippen LogP contribution in [-0.2, 0) is 9.53 Å². The summed E-state index contributed by atoms with van der Waals surface area (Å²) in [5, 5.41) is 1.02. The van der Waals surface area contributed by atoms with Crippen molar-refractivity contribution in [3.63, 3.8) is 0 Å². The van der Waals surface area contributed by atoms with Crippen molar-refractivity contribution in [3.05, 3.63) is 0 Å². The van der Waals surface area contributed by atoms with Crippen molar-refractivity contribution in [2.75, 3.05) is 5.33 Å². The molecular formula is C11H18BrIO2. The standard InChI is InChI=1S/C11H18BrIO2/c1-10(2,13)15-9(14)11(6-7-11)5-3-4-8-12/h3-8H2,1-2H3. The van der Waals surface area contributed by atoms with Gasteiger partial charge in [-0.15, -0.1) is 0 Å². The third kappa shape index (κ3) is 4.59. The van der Waals surface area contributed by atoms with E-state index in [0.717, 1.165) is 37.4 Å². The van der Waals surface area contributed by atoms with E-state index >= 15 is 0 Å². The highest BCUT2D eigenvalue weighted by atomic mass is 127. The summed E-state index contributed by atoms with van der Waals surface area (Å²) in [6.07, 6.45) is 5.27. The zero-order valence-electron chi connectivity index (χ0n) is 9.32. The number of hydrogen-bond donors (Lipinski definition) is 0. The third-order valence-electron chi connectivity index (χ3n) is 2.66. The van der Waals surface area contributed by atoms with Gasteiger partial charge in [-0.3, -0.25) is 4.79 Å². The van der Waals surface area contributed by atoms with E-state index in [4.69, 9.17) is 4.74 Å². The van der Waals surface area contributed by atoms with Crippen LogP contribution >= 0.6 is 38.5 Å². The summed E-state index contributed by atoms with van der Waals surface area (Å²) in [6, 6.07) is 0. The number of carbonyl (C=O) groups is 1. The Hall–Kier alpha value is 0.680. The van der Waals surface area contributed by atoms with Gasteiger partial charge in [0.15, 0.2) is 3.61 Å². The fourth-order valence-corrected chi connectivity index (χ4v) is 2.19. The molecule has 0 atom stereocenters. The molecule has 0 aliphatic heterocycles. The minimum atomic E-state index is -0.375. The van der Waals surface area contributed by atoms with Gasteiger partial charge in [0, 0.05) is 5.33 Å². The lowest BCUT2D eigenvalue weighted by Gasteiger charge is -2.22. The lowest BCUT2D eigenvalue weighted by Crippen LogP contribution is -2.27. The average molecular weight is 389 g/mol. The molecule has 0 aromatic carbocycles. The molecule has 0 radical (unpaired) electrons. The van der Waals surface area contributed by atoms with Crippen molar-refractivity contribution in [2.24, 2.45) is 5.41 Å². The van der Waals surface area contributed by atoms with E-state index in [9.17, 15) is 4.79 Å². The first-order valence-electron chi connectivity index (χ1n) is 5.38. The van der Waals surface area contributed by atoms with Crippen LogP contribution in [0.1, 0.15) is 46.0 Å². The lowest BCUT2D eigenvalue weighted by atomic mass is 9.99. The van der Waals surface area contributed by atoms with Gasteiger partial charge in [0.1, 0.15) is 0 Å². The highest BCUT2D eigenvalue weighted by Crippen LogP contribution is 2.51. The van der Waals surface area contributed by atoms with Crippen molar-refractivity contribution in [2.45, 2.75) is 49.6 Å². The number of ether oxygens (including phenoxy) is 1. The van der Waals surface area contributed by atoms with Gasteiger partial charge in [-0.25, -0.2) is 0 Å². The van der Waals surface area contributed by atoms with Crippen molar-refractivity contribution in [3.8, 4) is 0 Å². The van der Waals surface area contributed by atoms with Gasteiger partial charge in [0.25, 0.3) is 0 Å². The molecule has 0 unspecified atom stereocenters. The Labute approximate surface area is 114 Å². The molecule has 1 aliphatic rings. The predicted octanol–water partition coefficient (Wildman–Crippen LogP) is 4.05. The molecule has 0 N–H and O–H groups in total. The molecule has 88 valence electrons. The summed E-state index contributed by atoms with van der Waals surface area (Å²) in [7, 11) is 0. The molecule has 2 nitrogen and oxygen atoms in total. The van der Waals surface area contributed by atoms with Crippen LogP contribution in [0.4, 0.5) is 0 Å². The van der Waals surface area contributed by atoms with Crippen LogP contribution in [0.15, 0.2) is 0 Å². The molecule has 4 heteroatoms. The second-order valence-corrected chi connectivity index (χ2v) is 8.07. The van der Waals surface area contributed by atoms with Crippen molar-refractivity contribution in [1.82, 2.24) is 0 Å². The van der Waals surface area contributed by atoms with Gasteiger partial charge in [-0.2, -0.15) is 0 Å². The van der Waals surface area contributed by atoms with Crippen LogP contribution in [-0.4, -0.2) is 14.9 Å². The zero-order valence-corrected chi connectivity index (χ0v) is 13.1. The Balaban J connectivity index is 2.38. The van der Waals surface area contributed by atoms with Crippen LogP contribution in [0.5, 0.6) is 0 Å². The Kier molecular flexibility index (Phi) is 4.89. The van der Waals surface area contributed by atoms with E-state index in [1.54, 1.807) is 0 Å². The second kappa shape index (κ2) is 5.34. The quantitative estimate of drug-likeness (QED) is 0.297. The first-order chi connectivity index (χ1) is 6.90. The summed E-state index contributed by atoms with van der Waals surface area (Å²) in [6.45, 7) is 3.83. The third-order valence-corrected chi connectivity index (χ3v) is 3.44. The summed E-state index contributed by atoms with van der Waals surface area (Å²) in [5.74, 6) is 0.0106. The number of rotatable bonds is 6. The Morgan fingerprint density at radius 1 is 1.47 bits per heavy atom. The fourth-order valence-electron chi connectivity index (χ4n) is 1.59. The van der Waals surface area contributed by atoms with Gasteiger partial charge < -0.3 is 4.74 Å². The first kappa shape index (κ1) is 13.7. The number of carbonyl (C=O) groups excluding carboxylic acids is 1. The van der Waals surface area contributed by atoms with Crippen LogP contribution < -0.4 is 0 Å². The Morgan fingerprint density at radius 2 is 2.07 bits per heavy atom. The lowest BCUT2D eigenvalue weighted by molar-refractivity contribution is -0.155. The number of alkyl halides is 2. The van der Waals surface area contributed by atoms with Crippen molar-refractivity contribution in [1.29, 1.82) is 0 Å². The molecule has 15 heavy (non-hydrogen) atoms. The molecule has 0 bridgehead atoms. The van der Waals surface area contributed by atoms with E-state index in [0.29, 0.717) is 0 Å². The highest BCUT2D eigenvalue weighted by molar-refractivity contribution is 14.1. The first-order valence-corrected chi connectivity index (χ1v) is 7.58. The maximum Gasteiger partial charge on any atom is 0.313 e. The van der Waals surface area contributed by atoms with E-state index < -0.39 is 0 Å². The number of hydrogen-bond acceptors (Lipinski definition) is 2. The van der Waals surface area contributed by atoms with Crippen molar-refractivity contribution < 1.29 is 9.53 Å². The summed E-state index contributed by atoms with van der Waals surface area (Å²) >= 11 is 5.56. The molecule has 0 aromatic rings. The monoisotopic (exact) mass is 388 g/mol. The minimum Gasteiger partial charge on any atom is -0.449 e. The molecule has 1 saturated carbocycles. The summed E-state index contributed by atoms with van der Waals surface area (Å²) in [4.78, 5) is 11.9. The molecule has 0 saturated heterocycles. The van der Waals surface area contributed by atoms with Gasteiger partial charge in [0.05, 0.1) is 5.41 Å². The molecule has 0 heterocycles. The molecule has 1 aliphatic carbocycles. The zero-order chi connectivity index (χ0) is 11.5. The summed E-state index contributed by atoms with van der Waals surface area (Å²) < 4.78 is 5.06. The molecular weight excluding hydrogens is 371 g/mol. The predicted molar refractivity (Wildman–Crippen MR) is 73.5 cm³/mol. The molecule has 0 aromatic heterocycles. The van der Waals surface area contributed by atoms with E-state index in [1.807, 2.05) is 13.8 Å². The number of esters is 1. The van der Waals surface area contributed by atoms with Crippen LogP contribution in [0.3, 0.4) is 0 Å². The smallest absolute Gasteiger partial charge is 0.313 e. The van der Waals surface area contributed by atoms with E-state index in [2.05, 4.69) is 38.5 Å².